The third-order valence-corrected chi connectivity index (χ3v) is 2.95. The van der Waals surface area contributed by atoms with Gasteiger partial charge in [-0.05, 0) is 25.2 Å². The summed E-state index contributed by atoms with van der Waals surface area (Å²) in [7, 11) is 0. The number of amides is 1. The molecule has 0 bridgehead atoms. The molecule has 0 radical (unpaired) electrons. The zero-order chi connectivity index (χ0) is 12.5. The number of carbonyl (C=O) groups is 1. The van der Waals surface area contributed by atoms with E-state index in [-0.39, 0.29) is 5.90 Å². The third-order valence-electron chi connectivity index (χ3n) is 2.95. The van der Waals surface area contributed by atoms with Crippen molar-refractivity contribution in [1.29, 1.82) is 0 Å². The van der Waals surface area contributed by atoms with Gasteiger partial charge in [-0.15, -0.1) is 0 Å². The van der Waals surface area contributed by atoms with Gasteiger partial charge in [0.05, 0.1) is 0 Å². The molecule has 1 saturated heterocycles. The molecule has 0 N–H and O–H groups in total. The summed E-state index contributed by atoms with van der Waals surface area (Å²) in [6.45, 7) is 5.77. The Morgan fingerprint density at radius 2 is 2.18 bits per heavy atom. The van der Waals surface area contributed by atoms with E-state index in [0.29, 0.717) is 12.5 Å². The Labute approximate surface area is 103 Å². The van der Waals surface area contributed by atoms with Crippen molar-refractivity contribution in [2.45, 2.75) is 38.5 Å². The van der Waals surface area contributed by atoms with Crippen LogP contribution in [0.5, 0.6) is 0 Å². The summed E-state index contributed by atoms with van der Waals surface area (Å²) >= 11 is 0. The molecule has 0 spiro atoms. The van der Waals surface area contributed by atoms with Crippen LogP contribution in [-0.2, 0) is 4.79 Å². The summed E-state index contributed by atoms with van der Waals surface area (Å²) in [4.78, 5) is 17.1. The first-order valence-electron chi connectivity index (χ1n) is 6.35. The van der Waals surface area contributed by atoms with Gasteiger partial charge in [0.1, 0.15) is 0 Å². The van der Waals surface area contributed by atoms with Gasteiger partial charge < -0.3 is 15.0 Å². The van der Waals surface area contributed by atoms with Gasteiger partial charge in [0.25, 0.3) is 0 Å². The molecule has 0 saturated carbocycles. The summed E-state index contributed by atoms with van der Waals surface area (Å²) in [5.74, 6) is 0.0734. The average Bonchev–Trinajstić information content (AvgIpc) is 2.73. The minimum Gasteiger partial charge on any atom is -0.859 e. The highest BCUT2D eigenvalue weighted by Gasteiger charge is 2.18. The molecule has 96 valence electrons. The molecule has 4 heteroatoms. The summed E-state index contributed by atoms with van der Waals surface area (Å²) in [5.41, 5.74) is 0. The Balaban J connectivity index is 1.94. The number of aliphatic imine (C=N–C) groups is 1. The molecule has 1 amide bonds. The van der Waals surface area contributed by atoms with E-state index >= 15 is 0 Å². The largest absolute Gasteiger partial charge is 0.859 e. The maximum atomic E-state index is 11.3. The van der Waals surface area contributed by atoms with Crippen molar-refractivity contribution in [2.24, 2.45) is 4.99 Å². The van der Waals surface area contributed by atoms with Crippen LogP contribution in [0, 0.1) is 0 Å². The van der Waals surface area contributed by atoms with Crippen molar-refractivity contribution in [1.82, 2.24) is 4.90 Å². The molecule has 1 heterocycles. The lowest BCUT2D eigenvalue weighted by Crippen LogP contribution is -2.25. The second kappa shape index (κ2) is 7.87. The molecule has 4 nitrogen and oxygen atoms in total. The van der Waals surface area contributed by atoms with Gasteiger partial charge in [-0.2, -0.15) is 0 Å². The van der Waals surface area contributed by atoms with Crippen molar-refractivity contribution >= 4 is 11.8 Å². The number of carbonyl (C=O) groups excluding carboxylic acids is 1. The van der Waals surface area contributed by atoms with Crippen molar-refractivity contribution in [3.63, 3.8) is 0 Å². The summed E-state index contributed by atoms with van der Waals surface area (Å²) in [5, 5.41) is 10.8. The predicted octanol–water partition coefficient (Wildman–Crippen LogP) is 1.11. The van der Waals surface area contributed by atoms with Gasteiger partial charge in [0, 0.05) is 26.1 Å². The minimum absolute atomic E-state index is 0.229. The normalized spacial score (nSPS) is 16.6. The van der Waals surface area contributed by atoms with E-state index in [0.717, 1.165) is 51.6 Å². The van der Waals surface area contributed by atoms with Crippen LogP contribution < -0.4 is 5.11 Å². The molecule has 17 heavy (non-hydrogen) atoms. The van der Waals surface area contributed by atoms with E-state index in [1.54, 1.807) is 0 Å². The predicted molar refractivity (Wildman–Crippen MR) is 66.8 cm³/mol. The quantitative estimate of drug-likeness (QED) is 0.361. The molecular formula is C13H21N2O2-. The first kappa shape index (κ1) is 13.7. The van der Waals surface area contributed by atoms with Crippen molar-refractivity contribution in [3.05, 3.63) is 12.7 Å². The highest BCUT2D eigenvalue weighted by Crippen LogP contribution is 2.11. The number of nitrogens with zero attached hydrogens (tertiary/aromatic N) is 2. The Kier molecular flexibility index (Phi) is 6.37. The van der Waals surface area contributed by atoms with Crippen LogP contribution in [0.2, 0.25) is 0 Å². The van der Waals surface area contributed by atoms with Crippen LogP contribution in [0.4, 0.5) is 0 Å². The van der Waals surface area contributed by atoms with Crippen LogP contribution in [0.15, 0.2) is 17.6 Å². The van der Waals surface area contributed by atoms with Gasteiger partial charge in [-0.1, -0.05) is 25.5 Å². The van der Waals surface area contributed by atoms with Gasteiger partial charge in [0.15, 0.2) is 0 Å². The average molecular weight is 237 g/mol. The monoisotopic (exact) mass is 237 g/mol. The van der Waals surface area contributed by atoms with E-state index < -0.39 is 0 Å². The van der Waals surface area contributed by atoms with E-state index in [2.05, 4.69) is 11.6 Å². The van der Waals surface area contributed by atoms with E-state index in [1.807, 2.05) is 4.90 Å². The fourth-order valence-electron chi connectivity index (χ4n) is 1.96. The van der Waals surface area contributed by atoms with Crippen LogP contribution >= 0.6 is 0 Å². The Morgan fingerprint density at radius 3 is 2.82 bits per heavy atom. The van der Waals surface area contributed by atoms with Crippen molar-refractivity contribution in [3.8, 4) is 0 Å². The lowest BCUT2D eigenvalue weighted by Gasteiger charge is -2.14. The molecule has 0 aromatic carbocycles. The standard InChI is InChI=1S/C13H22N2O2/c1-2-12(16)14-9-5-3-4-6-10-15-11-7-8-13(15)17/h2H,1,3-11H2,(H,14,16)/p-1. The highest BCUT2D eigenvalue weighted by molar-refractivity contribution is 5.82. The van der Waals surface area contributed by atoms with Crippen molar-refractivity contribution < 1.29 is 9.90 Å². The SMILES string of the molecule is C=CC([O-])=NCCCCCCN1CCCC1=O. The molecule has 1 aliphatic rings. The summed E-state index contributed by atoms with van der Waals surface area (Å²) in [6, 6.07) is 0. The first-order valence-corrected chi connectivity index (χ1v) is 6.35. The van der Waals surface area contributed by atoms with Gasteiger partial charge in [-0.25, -0.2) is 0 Å². The van der Waals surface area contributed by atoms with E-state index in [9.17, 15) is 9.90 Å². The Bertz CT molecular complexity index is 287. The number of unbranched alkanes of at least 4 members (excludes halogenated alkanes) is 3. The maximum absolute atomic E-state index is 11.3. The fraction of sp³-hybridized carbons (Fsp3) is 0.692. The minimum atomic E-state index is -0.229. The fourth-order valence-corrected chi connectivity index (χ4v) is 1.96. The molecule has 1 rings (SSSR count). The second-order valence-electron chi connectivity index (χ2n) is 4.32. The highest BCUT2D eigenvalue weighted by atomic mass is 16.3. The molecule has 0 aromatic heterocycles. The van der Waals surface area contributed by atoms with Crippen LogP contribution in [0.1, 0.15) is 38.5 Å². The molecule has 1 aliphatic heterocycles. The molecule has 0 aromatic rings. The molecule has 0 aliphatic carbocycles. The molecular weight excluding hydrogens is 216 g/mol. The smallest absolute Gasteiger partial charge is 0.222 e. The lowest BCUT2D eigenvalue weighted by molar-refractivity contribution is -0.212. The van der Waals surface area contributed by atoms with Gasteiger partial charge in [0.2, 0.25) is 5.91 Å². The molecule has 1 fully saturated rings. The van der Waals surface area contributed by atoms with Crippen LogP contribution in [-0.4, -0.2) is 36.3 Å². The second-order valence-corrected chi connectivity index (χ2v) is 4.32. The van der Waals surface area contributed by atoms with Crippen LogP contribution in [0.25, 0.3) is 0 Å². The lowest BCUT2D eigenvalue weighted by atomic mass is 10.2. The van der Waals surface area contributed by atoms with Gasteiger partial charge in [-0.3, -0.25) is 4.79 Å². The number of hydrogen-bond acceptors (Lipinski definition) is 3. The number of likely N-dealkylation sites (tertiary alicyclic amines) is 1. The zero-order valence-corrected chi connectivity index (χ0v) is 10.4. The van der Waals surface area contributed by atoms with E-state index in [1.165, 1.54) is 6.08 Å². The Morgan fingerprint density at radius 1 is 1.41 bits per heavy atom. The topological polar surface area (TPSA) is 55.7 Å². The zero-order valence-electron chi connectivity index (χ0n) is 10.4. The third kappa shape index (κ3) is 5.52. The number of rotatable bonds is 8. The van der Waals surface area contributed by atoms with Crippen LogP contribution in [0.3, 0.4) is 0 Å². The summed E-state index contributed by atoms with van der Waals surface area (Å²) in [6.07, 6.45) is 7.13. The molecule has 0 unspecified atom stereocenters. The summed E-state index contributed by atoms with van der Waals surface area (Å²) < 4.78 is 0. The van der Waals surface area contributed by atoms with Gasteiger partial charge >= 0.3 is 0 Å². The first-order chi connectivity index (χ1) is 8.24. The molecule has 0 atom stereocenters. The number of hydrogen-bond donors (Lipinski definition) is 0. The maximum Gasteiger partial charge on any atom is 0.222 e. The van der Waals surface area contributed by atoms with Crippen molar-refractivity contribution in [2.75, 3.05) is 19.6 Å². The van der Waals surface area contributed by atoms with E-state index in [4.69, 9.17) is 0 Å². The Hall–Kier alpha value is -1.32.